The highest BCUT2D eigenvalue weighted by atomic mass is 16.2. The maximum absolute atomic E-state index is 12.7. The lowest BCUT2D eigenvalue weighted by Gasteiger charge is -2.37. The summed E-state index contributed by atoms with van der Waals surface area (Å²) in [5, 5.41) is 0. The van der Waals surface area contributed by atoms with Gasteiger partial charge in [0.2, 0.25) is 5.91 Å². The Morgan fingerprint density at radius 1 is 1.21 bits per heavy atom. The van der Waals surface area contributed by atoms with Gasteiger partial charge < -0.3 is 10.6 Å². The largest absolute Gasteiger partial charge is 0.342 e. The molecule has 0 radical (unpaired) electrons. The third-order valence-electron chi connectivity index (χ3n) is 5.11. The van der Waals surface area contributed by atoms with E-state index in [1.54, 1.807) is 0 Å². The summed E-state index contributed by atoms with van der Waals surface area (Å²) in [5.41, 5.74) is 5.66. The van der Waals surface area contributed by atoms with Crippen molar-refractivity contribution in [1.82, 2.24) is 4.90 Å². The van der Waals surface area contributed by atoms with Gasteiger partial charge in [-0.1, -0.05) is 26.2 Å². The van der Waals surface area contributed by atoms with Gasteiger partial charge in [-0.05, 0) is 50.5 Å². The molecule has 2 fully saturated rings. The number of nitrogens with two attached hydrogens (primary N) is 1. The van der Waals surface area contributed by atoms with E-state index in [2.05, 4.69) is 11.8 Å². The summed E-state index contributed by atoms with van der Waals surface area (Å²) >= 11 is 0. The quantitative estimate of drug-likeness (QED) is 0.850. The molecular formula is C16H30N2O. The van der Waals surface area contributed by atoms with E-state index in [-0.39, 0.29) is 0 Å². The molecule has 110 valence electrons. The summed E-state index contributed by atoms with van der Waals surface area (Å²) in [6.07, 6.45) is 9.50. The maximum atomic E-state index is 12.7. The molecule has 3 unspecified atom stereocenters. The Morgan fingerprint density at radius 2 is 2.00 bits per heavy atom. The molecule has 0 spiro atoms. The van der Waals surface area contributed by atoms with Crippen molar-refractivity contribution < 1.29 is 4.79 Å². The highest BCUT2D eigenvalue weighted by Crippen LogP contribution is 2.33. The minimum Gasteiger partial charge on any atom is -0.342 e. The Balaban J connectivity index is 1.87. The van der Waals surface area contributed by atoms with Crippen LogP contribution in [-0.4, -0.2) is 30.4 Å². The van der Waals surface area contributed by atoms with Gasteiger partial charge in [0, 0.05) is 19.0 Å². The van der Waals surface area contributed by atoms with E-state index in [9.17, 15) is 4.79 Å². The van der Waals surface area contributed by atoms with Gasteiger partial charge in [0.15, 0.2) is 0 Å². The lowest BCUT2D eigenvalue weighted by molar-refractivity contribution is -0.139. The fourth-order valence-corrected chi connectivity index (χ4v) is 3.87. The topological polar surface area (TPSA) is 46.3 Å². The first-order valence-corrected chi connectivity index (χ1v) is 8.23. The Bertz CT molecular complexity index is 290. The van der Waals surface area contributed by atoms with Crippen LogP contribution in [0, 0.1) is 17.8 Å². The molecule has 1 saturated heterocycles. The lowest BCUT2D eigenvalue weighted by atomic mass is 9.79. The Labute approximate surface area is 117 Å². The first-order valence-electron chi connectivity index (χ1n) is 8.23. The van der Waals surface area contributed by atoms with E-state index in [0.717, 1.165) is 44.8 Å². The van der Waals surface area contributed by atoms with Gasteiger partial charge in [0.05, 0.1) is 0 Å². The van der Waals surface area contributed by atoms with Crippen molar-refractivity contribution >= 4 is 5.91 Å². The zero-order valence-corrected chi connectivity index (χ0v) is 12.4. The average molecular weight is 266 g/mol. The number of hydrogen-bond acceptors (Lipinski definition) is 2. The molecule has 2 rings (SSSR count). The molecule has 1 saturated carbocycles. The Kier molecular flexibility index (Phi) is 5.68. The Morgan fingerprint density at radius 3 is 2.74 bits per heavy atom. The highest BCUT2D eigenvalue weighted by Gasteiger charge is 2.31. The summed E-state index contributed by atoms with van der Waals surface area (Å²) in [7, 11) is 0. The molecule has 1 amide bonds. The Hall–Kier alpha value is -0.570. The van der Waals surface area contributed by atoms with Gasteiger partial charge in [-0.25, -0.2) is 0 Å². The maximum Gasteiger partial charge on any atom is 0.225 e. The normalized spacial score (nSPS) is 32.3. The van der Waals surface area contributed by atoms with Crippen molar-refractivity contribution in [2.24, 2.45) is 23.5 Å². The standard InChI is InChI=1S/C16H30N2O/c1-2-13-6-4-10-18(12-13)16(19)15-7-3-5-14(11-15)8-9-17/h13-15H,2-12,17H2,1H3. The SMILES string of the molecule is CCC1CCCN(C(=O)C2CCCC(CCN)C2)C1. The zero-order valence-electron chi connectivity index (χ0n) is 12.4. The number of likely N-dealkylation sites (tertiary alicyclic amines) is 1. The monoisotopic (exact) mass is 266 g/mol. The summed E-state index contributed by atoms with van der Waals surface area (Å²) in [4.78, 5) is 14.8. The number of rotatable bonds is 4. The summed E-state index contributed by atoms with van der Waals surface area (Å²) in [6.45, 7) is 5.02. The molecule has 1 aliphatic carbocycles. The fraction of sp³-hybridized carbons (Fsp3) is 0.938. The van der Waals surface area contributed by atoms with Crippen LogP contribution in [0.25, 0.3) is 0 Å². The number of carbonyl (C=O) groups excluding carboxylic acids is 1. The molecule has 2 aliphatic rings. The molecule has 0 aromatic carbocycles. The van der Waals surface area contributed by atoms with Crippen molar-refractivity contribution in [3.63, 3.8) is 0 Å². The van der Waals surface area contributed by atoms with E-state index < -0.39 is 0 Å². The molecule has 1 heterocycles. The second kappa shape index (κ2) is 7.28. The van der Waals surface area contributed by atoms with Crippen LogP contribution in [0.1, 0.15) is 58.3 Å². The molecule has 3 nitrogen and oxygen atoms in total. The van der Waals surface area contributed by atoms with Crippen molar-refractivity contribution in [2.75, 3.05) is 19.6 Å². The van der Waals surface area contributed by atoms with Gasteiger partial charge in [0.25, 0.3) is 0 Å². The number of amides is 1. The van der Waals surface area contributed by atoms with Crippen LogP contribution in [-0.2, 0) is 4.79 Å². The van der Waals surface area contributed by atoms with Crippen molar-refractivity contribution in [2.45, 2.75) is 58.3 Å². The van der Waals surface area contributed by atoms with Crippen LogP contribution in [0.5, 0.6) is 0 Å². The van der Waals surface area contributed by atoms with Crippen LogP contribution in [0.3, 0.4) is 0 Å². The van der Waals surface area contributed by atoms with Gasteiger partial charge in [0.1, 0.15) is 0 Å². The van der Waals surface area contributed by atoms with Gasteiger partial charge in [-0.2, -0.15) is 0 Å². The highest BCUT2D eigenvalue weighted by molar-refractivity contribution is 5.79. The van der Waals surface area contributed by atoms with Gasteiger partial charge in [-0.15, -0.1) is 0 Å². The molecule has 1 aliphatic heterocycles. The smallest absolute Gasteiger partial charge is 0.225 e. The van der Waals surface area contributed by atoms with E-state index in [1.807, 2.05) is 0 Å². The zero-order chi connectivity index (χ0) is 13.7. The second-order valence-corrected chi connectivity index (χ2v) is 6.51. The van der Waals surface area contributed by atoms with E-state index in [0.29, 0.717) is 17.7 Å². The third kappa shape index (κ3) is 3.95. The van der Waals surface area contributed by atoms with Gasteiger partial charge >= 0.3 is 0 Å². The third-order valence-corrected chi connectivity index (χ3v) is 5.11. The van der Waals surface area contributed by atoms with E-state index >= 15 is 0 Å². The fourth-order valence-electron chi connectivity index (χ4n) is 3.87. The average Bonchev–Trinajstić information content (AvgIpc) is 2.47. The molecule has 3 heteroatoms. The predicted molar refractivity (Wildman–Crippen MR) is 78.7 cm³/mol. The molecule has 3 atom stereocenters. The number of hydrogen-bond donors (Lipinski definition) is 1. The van der Waals surface area contributed by atoms with Crippen molar-refractivity contribution in [3.8, 4) is 0 Å². The minimum atomic E-state index is 0.293. The first-order chi connectivity index (χ1) is 9.24. The molecular weight excluding hydrogens is 236 g/mol. The van der Waals surface area contributed by atoms with Crippen LogP contribution in [0.4, 0.5) is 0 Å². The van der Waals surface area contributed by atoms with Crippen LogP contribution in [0.2, 0.25) is 0 Å². The second-order valence-electron chi connectivity index (χ2n) is 6.51. The molecule has 19 heavy (non-hydrogen) atoms. The lowest BCUT2D eigenvalue weighted by Crippen LogP contribution is -2.44. The molecule has 0 aromatic heterocycles. The number of piperidine rings is 1. The minimum absolute atomic E-state index is 0.293. The van der Waals surface area contributed by atoms with Crippen LogP contribution >= 0.6 is 0 Å². The molecule has 2 N–H and O–H groups in total. The predicted octanol–water partition coefficient (Wildman–Crippen LogP) is 2.79. The van der Waals surface area contributed by atoms with Crippen molar-refractivity contribution in [1.29, 1.82) is 0 Å². The van der Waals surface area contributed by atoms with Crippen LogP contribution in [0.15, 0.2) is 0 Å². The van der Waals surface area contributed by atoms with E-state index in [1.165, 1.54) is 32.1 Å². The summed E-state index contributed by atoms with van der Waals surface area (Å²) < 4.78 is 0. The van der Waals surface area contributed by atoms with E-state index in [4.69, 9.17) is 5.73 Å². The molecule has 0 aromatic rings. The van der Waals surface area contributed by atoms with Crippen molar-refractivity contribution in [3.05, 3.63) is 0 Å². The number of nitrogens with zero attached hydrogens (tertiary/aromatic N) is 1. The summed E-state index contributed by atoms with van der Waals surface area (Å²) in [6, 6.07) is 0. The first kappa shape index (κ1) is 14.8. The summed E-state index contributed by atoms with van der Waals surface area (Å²) in [5.74, 6) is 2.17. The number of carbonyl (C=O) groups is 1. The molecule has 0 bridgehead atoms. The van der Waals surface area contributed by atoms with Crippen LogP contribution < -0.4 is 5.73 Å². The van der Waals surface area contributed by atoms with Gasteiger partial charge in [-0.3, -0.25) is 4.79 Å².